The number of carbonyl (C=O) groups is 15. The Labute approximate surface area is 698 Å². The lowest BCUT2D eigenvalue weighted by Gasteiger charge is -2.42. The van der Waals surface area contributed by atoms with E-state index in [2.05, 4.69) is 69.1 Å². The van der Waals surface area contributed by atoms with Crippen LogP contribution in [0.2, 0.25) is 0 Å². The molecule has 7 rings (SSSR count). The Bertz CT molecular complexity index is 4300. The molecule has 4 aliphatic heterocycles. The molecule has 3 aromatic carbocycles. The molecule has 0 saturated carbocycles. The molecule has 23 unspecified atom stereocenters. The number of hydrogen-bond acceptors (Lipinski definition) is 28. The van der Waals surface area contributed by atoms with Crippen molar-refractivity contribution >= 4 is 111 Å². The minimum absolute atomic E-state index is 0.265. The molecule has 3 aromatic rings. The molecule has 0 aromatic heterocycles. The SMILES string of the molecule is CC(C=Cc1ccccc1)=CC(O)C1CC(=O)NC(CO)C(=O)NC2CN3C=C(CC(NC(=O)CC(O)CC(C(=O)O)NC(=O)C(O)CNC(=O)C(C(C)c4ccc(Br)cc4)NC(=O)C(C(O)C(N)=O)NC(=O)C(CC(N)=O)NC2=O)C(=O)NC(C(C)O)C(=O)NC(CO)C(=O)NC(Cc2ccccc2)C(=O)N1)[NH+](C1OC(CO)C(O)C(O)C1O)C3. The number of benzene rings is 3. The van der Waals surface area contributed by atoms with Crippen LogP contribution >= 0.6 is 15.9 Å². The van der Waals surface area contributed by atoms with Crippen molar-refractivity contribution in [2.75, 3.05) is 39.6 Å². The number of aliphatic hydroxyl groups excluding tert-OH is 11. The fraction of sp³-hybridized carbons (Fsp3) is 0.487. The van der Waals surface area contributed by atoms with Crippen molar-refractivity contribution in [3.63, 3.8) is 0 Å². The van der Waals surface area contributed by atoms with Crippen molar-refractivity contribution in [1.29, 1.82) is 0 Å². The number of nitrogens with one attached hydrogen (secondary N) is 13. The van der Waals surface area contributed by atoms with E-state index in [-0.39, 0.29) is 16.2 Å². The predicted molar refractivity (Wildman–Crippen MR) is 420 cm³/mol. The van der Waals surface area contributed by atoms with Crippen molar-refractivity contribution < 1.29 is 143 Å². The van der Waals surface area contributed by atoms with Gasteiger partial charge in [-0.15, -0.1) is 0 Å². The zero-order valence-electron chi connectivity index (χ0n) is 65.5. The molecule has 0 radical (unpaired) electrons. The number of nitrogens with two attached hydrogens (primary N) is 2. The number of aliphatic hydroxyl groups is 11. The number of β-amino-alcohol motifs (C(OH)–C–C–N with tert-alkyl or cyclic N) is 1. The van der Waals surface area contributed by atoms with E-state index < -0.39 is 300 Å². The third-order valence-electron chi connectivity index (χ3n) is 20.0. The van der Waals surface area contributed by atoms with Gasteiger partial charge < -0.3 is 146 Å². The Morgan fingerprint density at radius 2 is 1.15 bits per heavy atom. The first-order valence-electron chi connectivity index (χ1n) is 38.1. The number of allylic oxidation sites excluding steroid dienone is 2. The minimum atomic E-state index is -2.78. The van der Waals surface area contributed by atoms with Gasteiger partial charge >= 0.3 is 5.97 Å². The average Bonchev–Trinajstić information content (AvgIpc) is 1.63. The molecule has 0 aliphatic carbocycles. The number of carbonyl (C=O) groups excluding carboxylic acids is 14. The number of carboxylic acids is 1. The molecular formula is C76H102BrN16O28+. The summed E-state index contributed by atoms with van der Waals surface area (Å²) in [5.41, 5.74) is 12.5. The van der Waals surface area contributed by atoms with Gasteiger partial charge in [0.05, 0.1) is 82.7 Å². The lowest BCUT2D eigenvalue weighted by Crippen LogP contribution is -3.16. The maximum absolute atomic E-state index is 15.4. The number of fused-ring (bicyclic) bond motifs is 2. The lowest BCUT2D eigenvalue weighted by molar-refractivity contribution is -0.923. The fourth-order valence-electron chi connectivity index (χ4n) is 13.3. The minimum Gasteiger partial charge on any atom is -0.480 e. The molecule has 0 spiro atoms. The number of nitrogens with zero attached hydrogens (tertiary/aromatic N) is 1. The van der Waals surface area contributed by atoms with Gasteiger partial charge in [-0.2, -0.15) is 0 Å². The number of rotatable bonds is 18. The Morgan fingerprint density at radius 1 is 0.587 bits per heavy atom. The molecule has 44 nitrogen and oxygen atoms in total. The summed E-state index contributed by atoms with van der Waals surface area (Å²) in [6, 6.07) is -1.23. The number of quaternary nitrogens is 1. The van der Waals surface area contributed by atoms with Crippen LogP contribution in [0.3, 0.4) is 0 Å². The highest BCUT2D eigenvalue weighted by Gasteiger charge is 2.52. The molecule has 23 atom stereocenters. The van der Waals surface area contributed by atoms with Crippen LogP contribution in [0, 0.1) is 0 Å². The number of ether oxygens (including phenoxy) is 1. The van der Waals surface area contributed by atoms with Crippen LogP contribution in [-0.4, -0.2) is 322 Å². The van der Waals surface area contributed by atoms with Gasteiger partial charge in [-0.3, -0.25) is 72.0 Å². The predicted octanol–water partition coefficient (Wildman–Crippen LogP) is -12.5. The van der Waals surface area contributed by atoms with Gasteiger partial charge in [0.1, 0.15) is 90.5 Å². The van der Waals surface area contributed by atoms with Gasteiger partial charge in [-0.05, 0) is 42.7 Å². The van der Waals surface area contributed by atoms with Gasteiger partial charge in [0, 0.05) is 29.7 Å². The second-order valence-corrected chi connectivity index (χ2v) is 30.3. The Balaban J connectivity index is 1.44. The van der Waals surface area contributed by atoms with Crippen molar-refractivity contribution in [2.24, 2.45) is 11.5 Å². The second-order valence-electron chi connectivity index (χ2n) is 29.4. The van der Waals surface area contributed by atoms with E-state index in [0.717, 1.165) is 18.0 Å². The summed E-state index contributed by atoms with van der Waals surface area (Å²) in [7, 11) is 0. The smallest absolute Gasteiger partial charge is 0.326 e. The molecule has 4 bridgehead atoms. The maximum Gasteiger partial charge on any atom is 0.326 e. The highest BCUT2D eigenvalue weighted by Crippen LogP contribution is 2.25. The zero-order chi connectivity index (χ0) is 89.4. The summed E-state index contributed by atoms with van der Waals surface area (Å²) < 4.78 is 6.48. The maximum atomic E-state index is 15.4. The summed E-state index contributed by atoms with van der Waals surface area (Å²) in [5.74, 6) is -23.5. The zero-order valence-corrected chi connectivity index (χ0v) is 67.0. The van der Waals surface area contributed by atoms with Gasteiger partial charge in [0.2, 0.25) is 83.0 Å². The first-order chi connectivity index (χ1) is 57.2. The largest absolute Gasteiger partial charge is 0.480 e. The number of halogens is 1. The van der Waals surface area contributed by atoms with E-state index in [1.165, 1.54) is 49.4 Å². The van der Waals surface area contributed by atoms with Gasteiger partial charge in [0.25, 0.3) is 5.91 Å². The summed E-state index contributed by atoms with van der Waals surface area (Å²) in [4.78, 5) is 216. The fourth-order valence-corrected chi connectivity index (χ4v) is 13.6. The molecule has 14 amide bonds. The highest BCUT2D eigenvalue weighted by molar-refractivity contribution is 9.10. The molecule has 1 fully saturated rings. The standard InChI is InChI=1S/C76H101BrN16O28/c1-34(14-15-37-10-6-4-7-11-37)20-51(99)43-26-56(103)82-49(30-94)69(113)87-48-29-92-28-41(93(33-92)75-63(107)62(106)60(104)53(32-96)121-75)22-45(66(110)90-58(36(3)97)73(117)88-50(31-95)70(114)84-44(65(109)83-43)21-38-12-8-5-9-13-38)81-55(102)24-42(98)23-47(76(119)120)86-71(115)52(100)27-80-72(116)57(35(2)39-16-18-40(77)19-17-39)89-74(118)59(61(105)64(79)108)91-67(111)46(25-54(78)101)85-68(48)112/h4-20,28,35-36,42-53,57-63,75,94-100,104-107H,21-27,29-33H2,1-3H3,(H2,78,101)(H2,79,108)(H,80,116)(H,81,102)(H,82,103)(H,83,109)(H,84,114)(H,85,112)(H,86,115)(H,87,113)(H,88,117)(H,89,118)(H,90,110)(H,91,111)(H,119,120)/p+1. The third kappa shape index (κ3) is 27.9. The second kappa shape index (κ2) is 45.4. The Kier molecular flexibility index (Phi) is 36.3. The van der Waals surface area contributed by atoms with Crippen LogP contribution in [0.5, 0.6) is 0 Å². The van der Waals surface area contributed by atoms with E-state index in [9.17, 15) is 124 Å². The van der Waals surface area contributed by atoms with Gasteiger partial charge in [0.15, 0.2) is 18.9 Å². The molecule has 121 heavy (non-hydrogen) atoms. The lowest BCUT2D eigenvalue weighted by atomic mass is 9.92. The van der Waals surface area contributed by atoms with E-state index in [0.29, 0.717) is 21.2 Å². The van der Waals surface area contributed by atoms with E-state index in [4.69, 9.17) is 16.2 Å². The number of primary amides is 2. The van der Waals surface area contributed by atoms with Crippen LogP contribution < -0.4 is 80.2 Å². The molecule has 4 aliphatic rings. The number of aliphatic carboxylic acids is 1. The van der Waals surface area contributed by atoms with Crippen molar-refractivity contribution in [1.82, 2.24) is 68.7 Å². The topological polar surface area (TPSA) is 712 Å². The Morgan fingerprint density at radius 3 is 1.76 bits per heavy atom. The van der Waals surface area contributed by atoms with Crippen LogP contribution in [0.1, 0.15) is 75.5 Å². The number of carboxylic acid groups (broad SMARTS) is 1. The summed E-state index contributed by atoms with van der Waals surface area (Å²) in [6.45, 7) is -2.75. The molecule has 1 saturated heterocycles. The first kappa shape index (κ1) is 96.8. The van der Waals surface area contributed by atoms with Crippen molar-refractivity contribution in [3.8, 4) is 0 Å². The summed E-state index contributed by atoms with van der Waals surface area (Å²) in [5, 5.41) is 161. The van der Waals surface area contributed by atoms with Crippen molar-refractivity contribution in [2.45, 2.75) is 193 Å². The van der Waals surface area contributed by atoms with Crippen LogP contribution in [0.15, 0.2) is 119 Å². The normalized spacial score (nSPS) is 30.0. The Hall–Kier alpha value is -11.3. The monoisotopic (exact) mass is 1770 g/mol. The molecule has 45 heteroatoms. The van der Waals surface area contributed by atoms with Gasteiger partial charge in [-0.25, -0.2) is 4.79 Å². The van der Waals surface area contributed by atoms with E-state index in [1.54, 1.807) is 67.6 Å². The number of amides is 14. The molecule has 660 valence electrons. The molecule has 29 N–H and O–H groups in total. The summed E-state index contributed by atoms with van der Waals surface area (Å²) >= 11 is 3.28. The average molecular weight is 1770 g/mol. The highest BCUT2D eigenvalue weighted by atomic mass is 79.9. The van der Waals surface area contributed by atoms with E-state index >= 15 is 9.59 Å². The van der Waals surface area contributed by atoms with Crippen molar-refractivity contribution in [3.05, 3.63) is 136 Å². The summed E-state index contributed by atoms with van der Waals surface area (Å²) in [6.07, 6.45) is -21.9. The van der Waals surface area contributed by atoms with Crippen LogP contribution in [-0.2, 0) is 83.1 Å². The van der Waals surface area contributed by atoms with Gasteiger partial charge in [-0.1, -0.05) is 119 Å². The molecule has 4 heterocycles. The first-order valence-corrected chi connectivity index (χ1v) is 38.8. The molecular weight excluding hydrogens is 1660 g/mol. The third-order valence-corrected chi connectivity index (χ3v) is 20.6. The number of hydrogen-bond donors (Lipinski definition) is 27. The van der Waals surface area contributed by atoms with Crippen LogP contribution in [0.4, 0.5) is 0 Å². The van der Waals surface area contributed by atoms with E-state index in [1.807, 2.05) is 10.6 Å². The van der Waals surface area contributed by atoms with Crippen LogP contribution in [0.25, 0.3) is 6.08 Å². The quantitative estimate of drug-likeness (QED) is 0.0526.